The molecule has 0 aliphatic rings. The molecule has 0 spiro atoms. The third-order valence-corrected chi connectivity index (χ3v) is 5.89. The molecule has 0 bridgehead atoms. The zero-order valence-electron chi connectivity index (χ0n) is 16.5. The third kappa shape index (κ3) is 5.74. The molecule has 2 aromatic rings. The summed E-state index contributed by atoms with van der Waals surface area (Å²) in [5.74, 6) is -0.0881. The normalized spacial score (nSPS) is 14.6. The zero-order valence-corrected chi connectivity index (χ0v) is 17.4. The fraction of sp³-hybridized carbons (Fsp3) is 0.550. The van der Waals surface area contributed by atoms with Crippen LogP contribution in [-0.4, -0.2) is 35.4 Å². The van der Waals surface area contributed by atoms with Crippen LogP contribution in [0.3, 0.4) is 0 Å². The highest BCUT2D eigenvalue weighted by molar-refractivity contribution is 7.18. The summed E-state index contributed by atoms with van der Waals surface area (Å²) >= 11 is 1.56. The lowest BCUT2D eigenvalue weighted by molar-refractivity contribution is -0.129. The maximum absolute atomic E-state index is 12.9. The van der Waals surface area contributed by atoms with Crippen molar-refractivity contribution in [3.8, 4) is 0 Å². The van der Waals surface area contributed by atoms with Gasteiger partial charge in [-0.3, -0.25) is 9.59 Å². The van der Waals surface area contributed by atoms with Gasteiger partial charge in [0.1, 0.15) is 6.04 Å². The smallest absolute Gasteiger partial charge is 0.243 e. The molecule has 1 aromatic carbocycles. The maximum Gasteiger partial charge on any atom is 0.243 e. The molecule has 27 heavy (non-hydrogen) atoms. The van der Waals surface area contributed by atoms with Gasteiger partial charge in [0.05, 0.1) is 15.2 Å². The van der Waals surface area contributed by atoms with E-state index in [2.05, 4.69) is 35.5 Å². The first kappa shape index (κ1) is 21.3. The van der Waals surface area contributed by atoms with Crippen LogP contribution in [0.15, 0.2) is 18.2 Å². The molecule has 1 heterocycles. The van der Waals surface area contributed by atoms with Crippen LogP contribution in [0.5, 0.6) is 0 Å². The first-order valence-electron chi connectivity index (χ1n) is 9.53. The molecule has 0 radical (unpaired) electrons. The van der Waals surface area contributed by atoms with E-state index in [-0.39, 0.29) is 23.8 Å². The summed E-state index contributed by atoms with van der Waals surface area (Å²) in [6, 6.07) is 5.33. The molecule has 6 nitrogen and oxygen atoms in total. The second-order valence-corrected chi connectivity index (χ2v) is 8.11. The summed E-state index contributed by atoms with van der Waals surface area (Å²) in [4.78, 5) is 29.4. The Labute approximate surface area is 164 Å². The van der Waals surface area contributed by atoms with Crippen molar-refractivity contribution in [3.63, 3.8) is 0 Å². The topological polar surface area (TPSA) is 97.1 Å². The highest BCUT2D eigenvalue weighted by Gasteiger charge is 2.26. The summed E-state index contributed by atoms with van der Waals surface area (Å²) in [5, 5.41) is 6.67. The van der Waals surface area contributed by atoms with E-state index in [1.165, 1.54) is 5.56 Å². The van der Waals surface area contributed by atoms with Crippen molar-refractivity contribution < 1.29 is 9.59 Å². The molecular formula is C20H30N4O2S. The summed E-state index contributed by atoms with van der Waals surface area (Å²) in [6.45, 7) is 8.31. The van der Waals surface area contributed by atoms with Gasteiger partial charge in [-0.15, -0.1) is 11.3 Å². The van der Waals surface area contributed by atoms with E-state index in [9.17, 15) is 9.59 Å². The van der Waals surface area contributed by atoms with Crippen molar-refractivity contribution in [2.45, 2.75) is 59.0 Å². The first-order valence-corrected chi connectivity index (χ1v) is 10.3. The summed E-state index contributed by atoms with van der Waals surface area (Å²) < 4.78 is 1.09. The van der Waals surface area contributed by atoms with Gasteiger partial charge in [0, 0.05) is 25.4 Å². The number of amides is 2. The van der Waals surface area contributed by atoms with Gasteiger partial charge in [-0.05, 0) is 30.5 Å². The van der Waals surface area contributed by atoms with Crippen LogP contribution in [0.4, 0.5) is 0 Å². The lowest BCUT2D eigenvalue weighted by atomic mass is 9.98. The van der Waals surface area contributed by atoms with Crippen LogP contribution in [0.25, 0.3) is 10.2 Å². The van der Waals surface area contributed by atoms with E-state index in [0.29, 0.717) is 19.4 Å². The number of nitrogens with one attached hydrogen (secondary N) is 2. The fourth-order valence-corrected chi connectivity index (χ4v) is 3.96. The maximum atomic E-state index is 12.9. The van der Waals surface area contributed by atoms with Crippen molar-refractivity contribution >= 4 is 33.4 Å². The number of aromatic nitrogens is 1. The van der Waals surface area contributed by atoms with E-state index in [1.54, 1.807) is 18.3 Å². The Kier molecular flexibility index (Phi) is 7.74. The van der Waals surface area contributed by atoms with Crippen LogP contribution in [0.2, 0.25) is 0 Å². The molecule has 0 unspecified atom stereocenters. The molecule has 3 atom stereocenters. The highest BCUT2D eigenvalue weighted by atomic mass is 32.1. The van der Waals surface area contributed by atoms with Crippen molar-refractivity contribution in [2.24, 2.45) is 11.7 Å². The number of hydrogen-bond donors (Lipinski definition) is 3. The summed E-state index contributed by atoms with van der Waals surface area (Å²) in [7, 11) is 0. The Bertz CT molecular complexity index is 789. The molecule has 148 valence electrons. The van der Waals surface area contributed by atoms with E-state index in [4.69, 9.17) is 5.73 Å². The average molecular weight is 391 g/mol. The molecule has 0 fully saturated rings. The molecular weight excluding hydrogens is 360 g/mol. The molecule has 0 aliphatic heterocycles. The molecule has 2 amide bonds. The van der Waals surface area contributed by atoms with E-state index in [1.807, 2.05) is 19.1 Å². The number of fused-ring (bicyclic) bond motifs is 1. The minimum Gasteiger partial charge on any atom is -0.350 e. The Hall–Kier alpha value is -1.99. The minimum absolute atomic E-state index is 0.110. The van der Waals surface area contributed by atoms with Gasteiger partial charge >= 0.3 is 0 Å². The van der Waals surface area contributed by atoms with Crippen LogP contribution in [-0.2, 0) is 16.0 Å². The number of rotatable bonds is 9. The van der Waals surface area contributed by atoms with Gasteiger partial charge in [-0.1, -0.05) is 33.3 Å². The van der Waals surface area contributed by atoms with Crippen LogP contribution in [0, 0.1) is 12.8 Å². The van der Waals surface area contributed by atoms with Crippen LogP contribution >= 0.6 is 11.3 Å². The van der Waals surface area contributed by atoms with Gasteiger partial charge in [0.15, 0.2) is 0 Å². The molecule has 1 aromatic heterocycles. The summed E-state index contributed by atoms with van der Waals surface area (Å²) in [5.41, 5.74) is 7.92. The van der Waals surface area contributed by atoms with Gasteiger partial charge in [-0.25, -0.2) is 4.98 Å². The number of nitrogens with two attached hydrogens (primary N) is 1. The van der Waals surface area contributed by atoms with Crippen molar-refractivity contribution in [1.82, 2.24) is 15.6 Å². The van der Waals surface area contributed by atoms with Gasteiger partial charge in [0.2, 0.25) is 11.8 Å². The first-order chi connectivity index (χ1) is 12.9. The Balaban J connectivity index is 2.19. The minimum atomic E-state index is -0.655. The molecule has 4 N–H and O–H groups in total. The number of nitrogens with zero attached hydrogens (tertiary/aromatic N) is 1. The van der Waals surface area contributed by atoms with Crippen molar-refractivity contribution in [2.75, 3.05) is 6.54 Å². The quantitative estimate of drug-likeness (QED) is 0.613. The number of carbonyl (C=O) groups is 2. The highest BCUT2D eigenvalue weighted by Crippen LogP contribution is 2.24. The number of carbonyl (C=O) groups excluding carboxylic acids is 2. The molecule has 0 saturated carbocycles. The van der Waals surface area contributed by atoms with E-state index >= 15 is 0 Å². The van der Waals surface area contributed by atoms with Gasteiger partial charge in [-0.2, -0.15) is 0 Å². The Morgan fingerprint density at radius 1 is 1.26 bits per heavy atom. The predicted octanol–water partition coefficient (Wildman–Crippen LogP) is 2.53. The standard InChI is InChI=1S/C20H30N4O2S/c1-5-13(4)16(11-21)24-20(26)15(22-18(25)6-2)10-19-23-14-8-7-12(3)9-17(14)27-19/h7-9,13,15-16H,5-6,10-11,21H2,1-4H3,(H,22,25)(H,24,26)/t13-,15-,16+/m0/s1. The van der Waals surface area contributed by atoms with E-state index in [0.717, 1.165) is 21.6 Å². The van der Waals surface area contributed by atoms with E-state index < -0.39 is 6.04 Å². The van der Waals surface area contributed by atoms with Gasteiger partial charge in [0.25, 0.3) is 0 Å². The number of benzene rings is 1. The molecule has 0 aliphatic carbocycles. The lowest BCUT2D eigenvalue weighted by Crippen LogP contribution is -2.53. The predicted molar refractivity (Wildman–Crippen MR) is 111 cm³/mol. The Morgan fingerprint density at radius 2 is 2.00 bits per heavy atom. The van der Waals surface area contributed by atoms with Gasteiger partial charge < -0.3 is 16.4 Å². The number of hydrogen-bond acceptors (Lipinski definition) is 5. The largest absolute Gasteiger partial charge is 0.350 e. The summed E-state index contributed by atoms with van der Waals surface area (Å²) in [6.07, 6.45) is 1.62. The zero-order chi connectivity index (χ0) is 20.0. The Morgan fingerprint density at radius 3 is 2.63 bits per heavy atom. The van der Waals surface area contributed by atoms with Crippen molar-refractivity contribution in [3.05, 3.63) is 28.8 Å². The van der Waals surface area contributed by atoms with Crippen LogP contribution < -0.4 is 16.4 Å². The fourth-order valence-electron chi connectivity index (χ4n) is 2.85. The SMILES string of the molecule is CCC(=O)N[C@@H](Cc1nc2ccc(C)cc2s1)C(=O)N[C@H](CN)[C@@H](C)CC. The third-order valence-electron chi connectivity index (χ3n) is 4.85. The molecule has 7 heteroatoms. The number of thiazole rings is 1. The number of aryl methyl sites for hydroxylation is 1. The average Bonchev–Trinajstić information content (AvgIpc) is 3.05. The lowest BCUT2D eigenvalue weighted by Gasteiger charge is -2.26. The second-order valence-electron chi connectivity index (χ2n) is 6.99. The molecule has 0 saturated heterocycles. The monoisotopic (exact) mass is 390 g/mol. The van der Waals surface area contributed by atoms with Crippen molar-refractivity contribution in [1.29, 1.82) is 0 Å². The second kappa shape index (κ2) is 9.80. The van der Waals surface area contributed by atoms with Crippen LogP contribution in [0.1, 0.15) is 44.2 Å². The molecule has 2 rings (SSSR count).